The first kappa shape index (κ1) is 10.4. The van der Waals surface area contributed by atoms with Crippen LogP contribution in [0.1, 0.15) is 1.43 Å². The van der Waals surface area contributed by atoms with E-state index < -0.39 is 12.3 Å². The molecular formula is C2H5NaO4. The molecule has 0 aliphatic carbocycles. The Morgan fingerprint density at radius 2 is 1.71 bits per heavy atom. The summed E-state index contributed by atoms with van der Waals surface area (Å²) in [4.78, 5) is 9.20. The Bertz CT molecular complexity index is 65.1. The summed E-state index contributed by atoms with van der Waals surface area (Å²) in [5.41, 5.74) is 0. The number of rotatable bonds is 1. The van der Waals surface area contributed by atoms with Gasteiger partial charge in [0.25, 0.3) is 6.29 Å². The molecule has 0 aromatic heterocycles. The van der Waals surface area contributed by atoms with Crippen molar-refractivity contribution in [3.63, 3.8) is 0 Å². The van der Waals surface area contributed by atoms with Crippen molar-refractivity contribution in [3.05, 3.63) is 0 Å². The number of carboxylic acid groups (broad SMARTS) is 1. The Kier molecular flexibility index (Phi) is 6.75. The van der Waals surface area contributed by atoms with E-state index in [-0.39, 0.29) is 31.0 Å². The molecule has 0 spiro atoms. The summed E-state index contributed by atoms with van der Waals surface area (Å²) in [6.07, 6.45) is -2.23. The van der Waals surface area contributed by atoms with Gasteiger partial charge in [-0.1, -0.05) is 0 Å². The zero-order valence-corrected chi connectivity index (χ0v) is 5.83. The van der Waals surface area contributed by atoms with Gasteiger partial charge in [-0.15, -0.1) is 0 Å². The molecule has 0 aromatic carbocycles. The predicted octanol–water partition coefficient (Wildman–Crippen LogP) is -4.50. The van der Waals surface area contributed by atoms with Gasteiger partial charge in [0.1, 0.15) is 0 Å². The van der Waals surface area contributed by atoms with E-state index in [1.165, 1.54) is 0 Å². The van der Waals surface area contributed by atoms with Gasteiger partial charge in [-0.05, 0) is 0 Å². The number of hydrogen-bond donors (Lipinski definition) is 3. The molecule has 0 fully saturated rings. The molecule has 0 rings (SSSR count). The third-order valence-corrected chi connectivity index (χ3v) is 0.221. The van der Waals surface area contributed by atoms with E-state index in [4.69, 9.17) is 15.3 Å². The van der Waals surface area contributed by atoms with Crippen molar-refractivity contribution < 1.29 is 51.1 Å². The summed E-state index contributed by atoms with van der Waals surface area (Å²) < 4.78 is 0. The standard InChI is InChI=1S/C2H4O4.Na.H/c3-1(4)2(5)6;;/h1,3-4H,(H,5,6);;/q;+1;-1. The van der Waals surface area contributed by atoms with Crippen LogP contribution in [0.2, 0.25) is 0 Å². The average Bonchev–Trinajstić information content (AvgIpc) is 1.36. The van der Waals surface area contributed by atoms with Gasteiger partial charge in [0.05, 0.1) is 0 Å². The minimum atomic E-state index is -2.23. The first-order chi connectivity index (χ1) is 2.64. The fourth-order valence-electron chi connectivity index (χ4n) is 0. The molecule has 0 saturated carbocycles. The molecule has 0 bridgehead atoms. The third kappa shape index (κ3) is 6.39. The molecule has 0 saturated heterocycles. The summed E-state index contributed by atoms with van der Waals surface area (Å²) in [7, 11) is 0. The van der Waals surface area contributed by atoms with E-state index >= 15 is 0 Å². The van der Waals surface area contributed by atoms with Crippen LogP contribution in [0.25, 0.3) is 0 Å². The number of hydrogen-bond acceptors (Lipinski definition) is 3. The first-order valence-electron chi connectivity index (χ1n) is 1.23. The van der Waals surface area contributed by atoms with Crippen molar-refractivity contribution in [2.24, 2.45) is 0 Å². The van der Waals surface area contributed by atoms with E-state index in [1.807, 2.05) is 0 Å². The minimum Gasteiger partial charge on any atom is -1.00 e. The summed E-state index contributed by atoms with van der Waals surface area (Å²) in [6.45, 7) is 0. The minimum absolute atomic E-state index is 0. The first-order valence-corrected chi connectivity index (χ1v) is 1.23. The van der Waals surface area contributed by atoms with Crippen LogP contribution >= 0.6 is 0 Å². The van der Waals surface area contributed by atoms with Gasteiger partial charge in [0.15, 0.2) is 0 Å². The van der Waals surface area contributed by atoms with Gasteiger partial charge in [-0.25, -0.2) is 4.79 Å². The number of aliphatic carboxylic acids is 1. The Balaban J connectivity index is -0.000000125. The summed E-state index contributed by atoms with van der Waals surface area (Å²) in [5.74, 6) is -1.63. The van der Waals surface area contributed by atoms with Gasteiger partial charge < -0.3 is 16.7 Å². The van der Waals surface area contributed by atoms with Crippen molar-refractivity contribution in [3.8, 4) is 0 Å². The molecule has 0 heterocycles. The molecule has 0 atom stereocenters. The Labute approximate surface area is 63.5 Å². The summed E-state index contributed by atoms with van der Waals surface area (Å²) in [6, 6.07) is 0. The third-order valence-electron chi connectivity index (χ3n) is 0.221. The fourth-order valence-corrected chi connectivity index (χ4v) is 0. The molecule has 5 heteroatoms. The maximum absolute atomic E-state index is 9.20. The monoisotopic (exact) mass is 116 g/mol. The van der Waals surface area contributed by atoms with E-state index in [0.29, 0.717) is 0 Å². The number of aliphatic hydroxyl groups is 2. The molecule has 0 aliphatic rings. The van der Waals surface area contributed by atoms with Gasteiger partial charge in [0, 0.05) is 0 Å². The van der Waals surface area contributed by atoms with E-state index in [1.54, 1.807) is 0 Å². The van der Waals surface area contributed by atoms with Crippen molar-refractivity contribution in [1.29, 1.82) is 0 Å². The van der Waals surface area contributed by atoms with E-state index in [9.17, 15) is 4.79 Å². The summed E-state index contributed by atoms with van der Waals surface area (Å²) >= 11 is 0. The molecule has 0 amide bonds. The molecule has 0 unspecified atom stereocenters. The molecule has 7 heavy (non-hydrogen) atoms. The van der Waals surface area contributed by atoms with Gasteiger partial charge in [-0.3, -0.25) is 0 Å². The molecule has 0 aliphatic heterocycles. The molecular weight excluding hydrogens is 111 g/mol. The van der Waals surface area contributed by atoms with Gasteiger partial charge >= 0.3 is 35.5 Å². The topological polar surface area (TPSA) is 77.8 Å². The average molecular weight is 116 g/mol. The van der Waals surface area contributed by atoms with Crippen molar-refractivity contribution in [2.45, 2.75) is 6.29 Å². The SMILES string of the molecule is O=C(O)C(O)O.[H-].[Na+]. The number of carbonyl (C=O) groups is 1. The molecule has 0 aromatic rings. The van der Waals surface area contributed by atoms with Crippen LogP contribution in [0.15, 0.2) is 0 Å². The van der Waals surface area contributed by atoms with Crippen molar-refractivity contribution >= 4 is 5.97 Å². The predicted molar refractivity (Wildman–Crippen MR) is 17.0 cm³/mol. The Hall–Kier alpha value is 0.390. The van der Waals surface area contributed by atoms with Crippen LogP contribution in [-0.2, 0) is 4.79 Å². The number of aliphatic hydroxyl groups excluding tert-OH is 1. The van der Waals surface area contributed by atoms with Crippen LogP contribution in [-0.4, -0.2) is 27.6 Å². The fraction of sp³-hybridized carbons (Fsp3) is 0.500. The van der Waals surface area contributed by atoms with Crippen LogP contribution < -0.4 is 29.6 Å². The smallest absolute Gasteiger partial charge is 1.00 e. The number of carboxylic acids is 1. The van der Waals surface area contributed by atoms with Crippen LogP contribution in [0.3, 0.4) is 0 Å². The Morgan fingerprint density at radius 1 is 1.57 bits per heavy atom. The van der Waals surface area contributed by atoms with Gasteiger partial charge in [0.2, 0.25) is 0 Å². The quantitative estimate of drug-likeness (QED) is 0.238. The molecule has 0 radical (unpaired) electrons. The molecule has 3 N–H and O–H groups in total. The van der Waals surface area contributed by atoms with Crippen LogP contribution in [0.4, 0.5) is 0 Å². The maximum atomic E-state index is 9.20. The molecule has 4 nitrogen and oxygen atoms in total. The van der Waals surface area contributed by atoms with Crippen LogP contribution in [0, 0.1) is 0 Å². The second-order valence-electron chi connectivity index (χ2n) is 0.712. The van der Waals surface area contributed by atoms with Crippen molar-refractivity contribution in [2.75, 3.05) is 0 Å². The second-order valence-corrected chi connectivity index (χ2v) is 0.712. The van der Waals surface area contributed by atoms with E-state index in [2.05, 4.69) is 0 Å². The zero-order valence-electron chi connectivity index (χ0n) is 4.83. The van der Waals surface area contributed by atoms with Gasteiger partial charge in [-0.2, -0.15) is 0 Å². The summed E-state index contributed by atoms with van der Waals surface area (Å²) in [5, 5.41) is 22.7. The second kappa shape index (κ2) is 4.55. The normalized spacial score (nSPS) is 7.86. The maximum Gasteiger partial charge on any atom is 1.00 e. The van der Waals surface area contributed by atoms with Crippen molar-refractivity contribution in [1.82, 2.24) is 0 Å². The Morgan fingerprint density at radius 3 is 1.71 bits per heavy atom. The van der Waals surface area contributed by atoms with Crippen LogP contribution in [0.5, 0.6) is 0 Å². The molecule has 38 valence electrons. The largest absolute Gasteiger partial charge is 1.00 e. The zero-order chi connectivity index (χ0) is 5.15. The van der Waals surface area contributed by atoms with E-state index in [0.717, 1.165) is 0 Å².